The SMILES string of the molecule is CN1CCOC(CN2CCC(OCCN)CC2)C1. The Bertz CT molecular complexity index is 232. The zero-order chi connectivity index (χ0) is 12.8. The van der Waals surface area contributed by atoms with Gasteiger partial charge in [-0.1, -0.05) is 0 Å². The summed E-state index contributed by atoms with van der Waals surface area (Å²) in [6.07, 6.45) is 3.05. The first-order valence-corrected chi connectivity index (χ1v) is 7.12. The lowest BCUT2D eigenvalue weighted by atomic mass is 10.1. The molecule has 2 aliphatic rings. The maximum absolute atomic E-state index is 5.81. The molecule has 0 saturated carbocycles. The first-order valence-electron chi connectivity index (χ1n) is 7.12. The molecule has 0 spiro atoms. The molecule has 0 radical (unpaired) electrons. The predicted octanol–water partition coefficient (Wildman–Crippen LogP) is -0.243. The van der Waals surface area contributed by atoms with Crippen LogP contribution in [-0.4, -0.2) is 81.5 Å². The molecule has 5 heteroatoms. The van der Waals surface area contributed by atoms with E-state index >= 15 is 0 Å². The van der Waals surface area contributed by atoms with Gasteiger partial charge >= 0.3 is 0 Å². The van der Waals surface area contributed by atoms with E-state index in [4.69, 9.17) is 15.2 Å². The van der Waals surface area contributed by atoms with Crippen LogP contribution in [0.1, 0.15) is 12.8 Å². The van der Waals surface area contributed by atoms with E-state index < -0.39 is 0 Å². The van der Waals surface area contributed by atoms with Crippen molar-refractivity contribution in [2.75, 3.05) is 59.5 Å². The van der Waals surface area contributed by atoms with Gasteiger partial charge < -0.3 is 25.0 Å². The fraction of sp³-hybridized carbons (Fsp3) is 1.00. The summed E-state index contributed by atoms with van der Waals surface area (Å²) in [6.45, 7) is 7.63. The van der Waals surface area contributed by atoms with Crippen LogP contribution in [-0.2, 0) is 9.47 Å². The van der Waals surface area contributed by atoms with Crippen molar-refractivity contribution in [1.29, 1.82) is 0 Å². The number of hydrogen-bond acceptors (Lipinski definition) is 5. The molecule has 5 nitrogen and oxygen atoms in total. The van der Waals surface area contributed by atoms with Gasteiger partial charge in [-0.2, -0.15) is 0 Å². The van der Waals surface area contributed by atoms with Gasteiger partial charge in [0, 0.05) is 39.3 Å². The summed E-state index contributed by atoms with van der Waals surface area (Å²) in [5, 5.41) is 0. The average Bonchev–Trinajstić information content (AvgIpc) is 2.38. The zero-order valence-electron chi connectivity index (χ0n) is 11.5. The minimum atomic E-state index is 0.380. The number of morpholine rings is 1. The van der Waals surface area contributed by atoms with Gasteiger partial charge in [-0.3, -0.25) is 0 Å². The van der Waals surface area contributed by atoms with E-state index in [-0.39, 0.29) is 0 Å². The molecule has 2 saturated heterocycles. The number of rotatable bonds is 5. The van der Waals surface area contributed by atoms with Crippen LogP contribution in [0.5, 0.6) is 0 Å². The third-order valence-electron chi connectivity index (χ3n) is 3.81. The Labute approximate surface area is 110 Å². The maximum Gasteiger partial charge on any atom is 0.0829 e. The molecule has 0 aromatic rings. The minimum absolute atomic E-state index is 0.380. The smallest absolute Gasteiger partial charge is 0.0829 e. The summed E-state index contributed by atoms with van der Waals surface area (Å²) < 4.78 is 11.5. The fourth-order valence-corrected chi connectivity index (χ4v) is 2.76. The second kappa shape index (κ2) is 7.40. The summed E-state index contributed by atoms with van der Waals surface area (Å²) in [5.74, 6) is 0. The number of hydrogen-bond donors (Lipinski definition) is 1. The van der Waals surface area contributed by atoms with E-state index in [1.807, 2.05) is 0 Å². The van der Waals surface area contributed by atoms with Crippen molar-refractivity contribution in [2.45, 2.75) is 25.0 Å². The summed E-state index contributed by atoms with van der Waals surface area (Å²) in [7, 11) is 2.17. The van der Waals surface area contributed by atoms with Gasteiger partial charge in [0.05, 0.1) is 25.4 Å². The zero-order valence-corrected chi connectivity index (χ0v) is 11.5. The molecular weight excluding hydrogens is 230 g/mol. The third kappa shape index (κ3) is 4.48. The normalized spacial score (nSPS) is 28.7. The highest BCUT2D eigenvalue weighted by Gasteiger charge is 2.24. The van der Waals surface area contributed by atoms with Gasteiger partial charge in [0.2, 0.25) is 0 Å². The summed E-state index contributed by atoms with van der Waals surface area (Å²) in [6, 6.07) is 0. The van der Waals surface area contributed by atoms with Crippen molar-refractivity contribution in [3.8, 4) is 0 Å². The Balaban J connectivity index is 1.63. The Morgan fingerprint density at radius 3 is 2.72 bits per heavy atom. The van der Waals surface area contributed by atoms with E-state index in [2.05, 4.69) is 16.8 Å². The molecule has 0 aromatic carbocycles. The molecule has 2 fully saturated rings. The fourth-order valence-electron chi connectivity index (χ4n) is 2.76. The standard InChI is InChI=1S/C13H27N3O2/c1-15-7-9-18-13(10-15)11-16-5-2-12(3-6-16)17-8-4-14/h12-13H,2-11,14H2,1H3. The molecule has 0 amide bonds. The number of nitrogens with two attached hydrogens (primary N) is 1. The van der Waals surface area contributed by atoms with Gasteiger partial charge in [0.25, 0.3) is 0 Å². The molecular formula is C13H27N3O2. The Hall–Kier alpha value is -0.200. The average molecular weight is 257 g/mol. The van der Waals surface area contributed by atoms with Crippen LogP contribution in [0, 0.1) is 0 Å². The van der Waals surface area contributed by atoms with Crippen molar-refractivity contribution >= 4 is 0 Å². The van der Waals surface area contributed by atoms with Gasteiger partial charge in [0.15, 0.2) is 0 Å². The molecule has 2 N–H and O–H groups in total. The summed E-state index contributed by atoms with van der Waals surface area (Å²) in [4.78, 5) is 4.86. The molecule has 106 valence electrons. The first kappa shape index (κ1) is 14.2. The quantitative estimate of drug-likeness (QED) is 0.736. The van der Waals surface area contributed by atoms with Crippen LogP contribution in [0.4, 0.5) is 0 Å². The number of nitrogens with zero attached hydrogens (tertiary/aromatic N) is 2. The summed E-state index contributed by atoms with van der Waals surface area (Å²) in [5.41, 5.74) is 5.45. The van der Waals surface area contributed by atoms with Crippen molar-refractivity contribution in [3.63, 3.8) is 0 Å². The molecule has 0 aliphatic carbocycles. The number of piperidine rings is 1. The second-order valence-corrected chi connectivity index (χ2v) is 5.41. The van der Waals surface area contributed by atoms with Gasteiger partial charge in [0.1, 0.15) is 0 Å². The molecule has 1 unspecified atom stereocenters. The highest BCUT2D eigenvalue weighted by atomic mass is 16.5. The lowest BCUT2D eigenvalue weighted by Crippen LogP contribution is -2.48. The highest BCUT2D eigenvalue weighted by molar-refractivity contribution is 4.78. The number of likely N-dealkylation sites (N-methyl/N-ethyl adjacent to an activating group) is 1. The van der Waals surface area contributed by atoms with Gasteiger partial charge in [-0.25, -0.2) is 0 Å². The summed E-state index contributed by atoms with van der Waals surface area (Å²) >= 11 is 0. The van der Waals surface area contributed by atoms with Crippen LogP contribution < -0.4 is 5.73 Å². The van der Waals surface area contributed by atoms with Gasteiger partial charge in [-0.15, -0.1) is 0 Å². The van der Waals surface area contributed by atoms with E-state index in [0.717, 1.165) is 52.2 Å². The molecule has 18 heavy (non-hydrogen) atoms. The topological polar surface area (TPSA) is 51.0 Å². The Morgan fingerprint density at radius 2 is 2.06 bits per heavy atom. The first-order chi connectivity index (χ1) is 8.78. The molecule has 0 bridgehead atoms. The minimum Gasteiger partial charge on any atom is -0.377 e. The van der Waals surface area contributed by atoms with E-state index in [1.165, 1.54) is 0 Å². The molecule has 2 aliphatic heterocycles. The van der Waals surface area contributed by atoms with Crippen molar-refractivity contribution in [2.24, 2.45) is 5.73 Å². The van der Waals surface area contributed by atoms with Gasteiger partial charge in [-0.05, 0) is 19.9 Å². The van der Waals surface area contributed by atoms with Crippen LogP contribution in [0.3, 0.4) is 0 Å². The largest absolute Gasteiger partial charge is 0.377 e. The monoisotopic (exact) mass is 257 g/mol. The highest BCUT2D eigenvalue weighted by Crippen LogP contribution is 2.15. The molecule has 2 heterocycles. The van der Waals surface area contributed by atoms with E-state index in [9.17, 15) is 0 Å². The van der Waals surface area contributed by atoms with Crippen molar-refractivity contribution < 1.29 is 9.47 Å². The van der Waals surface area contributed by atoms with Crippen LogP contribution in [0.2, 0.25) is 0 Å². The number of ether oxygens (including phenoxy) is 2. The molecule has 2 rings (SSSR count). The third-order valence-corrected chi connectivity index (χ3v) is 3.81. The predicted molar refractivity (Wildman–Crippen MR) is 71.7 cm³/mol. The number of likely N-dealkylation sites (tertiary alicyclic amines) is 1. The van der Waals surface area contributed by atoms with Crippen molar-refractivity contribution in [3.05, 3.63) is 0 Å². The lowest BCUT2D eigenvalue weighted by molar-refractivity contribution is -0.0485. The molecule has 0 aromatic heterocycles. The lowest BCUT2D eigenvalue weighted by Gasteiger charge is -2.37. The Kier molecular flexibility index (Phi) is 5.85. The van der Waals surface area contributed by atoms with E-state index in [1.54, 1.807) is 0 Å². The Morgan fingerprint density at radius 1 is 1.28 bits per heavy atom. The molecule has 1 atom stereocenters. The maximum atomic E-state index is 5.81. The second-order valence-electron chi connectivity index (χ2n) is 5.41. The van der Waals surface area contributed by atoms with E-state index in [0.29, 0.717) is 25.4 Å². The van der Waals surface area contributed by atoms with Crippen LogP contribution in [0.25, 0.3) is 0 Å². The van der Waals surface area contributed by atoms with Crippen LogP contribution >= 0.6 is 0 Å². The van der Waals surface area contributed by atoms with Crippen molar-refractivity contribution in [1.82, 2.24) is 9.80 Å². The van der Waals surface area contributed by atoms with Crippen LogP contribution in [0.15, 0.2) is 0 Å².